The number of aliphatic hydroxyl groups is 1. The van der Waals surface area contributed by atoms with E-state index in [9.17, 15) is 14.7 Å². The summed E-state index contributed by atoms with van der Waals surface area (Å²) >= 11 is 0. The number of nitrogens with one attached hydrogen (secondary N) is 1. The first-order valence-corrected chi connectivity index (χ1v) is 15.0. The van der Waals surface area contributed by atoms with Crippen molar-refractivity contribution in [1.29, 1.82) is 0 Å². The van der Waals surface area contributed by atoms with Gasteiger partial charge in [0.25, 0.3) is 0 Å². The van der Waals surface area contributed by atoms with Crippen molar-refractivity contribution in [3.8, 4) is 0 Å². The van der Waals surface area contributed by atoms with Crippen LogP contribution in [0.3, 0.4) is 0 Å². The van der Waals surface area contributed by atoms with E-state index in [1.54, 1.807) is 6.07 Å². The molecule has 4 atom stereocenters. The number of carbonyl (C=O) groups excluding carboxylic acids is 1. The van der Waals surface area contributed by atoms with Crippen LogP contribution in [0.5, 0.6) is 0 Å². The number of ether oxygens (including phenoxy) is 2. The van der Waals surface area contributed by atoms with E-state index in [-0.39, 0.29) is 43.5 Å². The Morgan fingerprint density at radius 2 is 1.56 bits per heavy atom. The lowest BCUT2D eigenvalue weighted by molar-refractivity contribution is -0.276. The Hall–Kier alpha value is -3.60. The minimum absolute atomic E-state index is 0.0169. The lowest BCUT2D eigenvalue weighted by Gasteiger charge is -2.44. The van der Waals surface area contributed by atoms with Crippen LogP contribution in [0.4, 0.5) is 5.69 Å². The standard InChI is InChI=1S/C34H41N3O6/c1-24-30(22-37-18-16-36(17-19-37)21-25-6-3-2-4-7-25)42-34(43-33(24)27-12-10-26(23-38)11-13-27)28-8-5-9-29(20-28)35-31(39)14-15-32(40)41/h2-13,20,24,30,33-34,38H,14-19,21-23H2,1H3,(H,35,39)(H,40,41)/t24-,30+,33+,34+/m0/s1. The van der Waals surface area contributed by atoms with Crippen LogP contribution >= 0.6 is 0 Å². The Balaban J connectivity index is 1.29. The van der Waals surface area contributed by atoms with E-state index >= 15 is 0 Å². The Morgan fingerprint density at radius 1 is 0.837 bits per heavy atom. The smallest absolute Gasteiger partial charge is 0.303 e. The monoisotopic (exact) mass is 587 g/mol. The molecule has 3 N–H and O–H groups in total. The zero-order valence-corrected chi connectivity index (χ0v) is 24.6. The number of carboxylic acid groups (broad SMARTS) is 1. The maximum Gasteiger partial charge on any atom is 0.303 e. The second kappa shape index (κ2) is 14.7. The molecule has 0 spiro atoms. The molecule has 0 unspecified atom stereocenters. The summed E-state index contributed by atoms with van der Waals surface area (Å²) in [7, 11) is 0. The molecule has 2 saturated heterocycles. The van der Waals surface area contributed by atoms with Gasteiger partial charge < -0.3 is 25.0 Å². The molecule has 2 aliphatic heterocycles. The average Bonchev–Trinajstić information content (AvgIpc) is 3.02. The quantitative estimate of drug-likeness (QED) is 0.299. The molecular weight excluding hydrogens is 546 g/mol. The van der Waals surface area contributed by atoms with Crippen molar-refractivity contribution in [3.63, 3.8) is 0 Å². The lowest BCUT2D eigenvalue weighted by Crippen LogP contribution is -2.51. The number of rotatable bonds is 11. The fourth-order valence-electron chi connectivity index (χ4n) is 5.76. The van der Waals surface area contributed by atoms with E-state index in [1.165, 1.54) is 5.56 Å². The highest BCUT2D eigenvalue weighted by Gasteiger charge is 2.39. The molecular formula is C34H41N3O6. The maximum absolute atomic E-state index is 12.3. The third-order valence-corrected chi connectivity index (χ3v) is 8.28. The van der Waals surface area contributed by atoms with Crippen molar-refractivity contribution >= 4 is 17.6 Å². The van der Waals surface area contributed by atoms with Gasteiger partial charge in [0, 0.05) is 62.9 Å². The predicted molar refractivity (Wildman–Crippen MR) is 163 cm³/mol. The normalized spacial score (nSPS) is 23.1. The number of benzene rings is 3. The number of piperazine rings is 1. The van der Waals surface area contributed by atoms with Gasteiger partial charge in [-0.25, -0.2) is 0 Å². The predicted octanol–water partition coefficient (Wildman–Crippen LogP) is 4.59. The van der Waals surface area contributed by atoms with Gasteiger partial charge in [-0.15, -0.1) is 0 Å². The molecule has 228 valence electrons. The van der Waals surface area contributed by atoms with Crippen molar-refractivity contribution in [1.82, 2.24) is 9.80 Å². The number of anilines is 1. The number of nitrogens with zero attached hydrogens (tertiary/aromatic N) is 2. The highest BCUT2D eigenvalue weighted by Crippen LogP contribution is 2.42. The van der Waals surface area contributed by atoms with Gasteiger partial charge >= 0.3 is 5.97 Å². The second-order valence-electron chi connectivity index (χ2n) is 11.5. The maximum atomic E-state index is 12.3. The SMILES string of the molecule is C[C@H]1[C@@H](CN2CCN(Cc3ccccc3)CC2)O[C@@H](c2cccc(NC(=O)CCC(=O)O)c2)O[C@H]1c1ccc(CO)cc1. The summed E-state index contributed by atoms with van der Waals surface area (Å²) in [6.07, 6.45) is -1.31. The minimum Gasteiger partial charge on any atom is -0.481 e. The van der Waals surface area contributed by atoms with Crippen LogP contribution in [-0.2, 0) is 32.2 Å². The molecule has 2 heterocycles. The lowest BCUT2D eigenvalue weighted by atomic mass is 9.90. The van der Waals surface area contributed by atoms with E-state index in [4.69, 9.17) is 14.6 Å². The molecule has 0 saturated carbocycles. The summed E-state index contributed by atoms with van der Waals surface area (Å²) in [4.78, 5) is 28.1. The van der Waals surface area contributed by atoms with Crippen LogP contribution in [0.2, 0.25) is 0 Å². The fraction of sp³-hybridized carbons (Fsp3) is 0.412. The molecule has 0 bridgehead atoms. The first-order chi connectivity index (χ1) is 20.9. The molecule has 9 nitrogen and oxygen atoms in total. The summed E-state index contributed by atoms with van der Waals surface area (Å²) in [5, 5.41) is 21.2. The summed E-state index contributed by atoms with van der Waals surface area (Å²) in [5.74, 6) is -1.30. The minimum atomic E-state index is -1.01. The molecule has 0 aliphatic carbocycles. The summed E-state index contributed by atoms with van der Waals surface area (Å²) in [6.45, 7) is 7.77. The van der Waals surface area contributed by atoms with Gasteiger partial charge in [0.05, 0.1) is 25.2 Å². The molecule has 5 rings (SSSR count). The van der Waals surface area contributed by atoms with Crippen molar-refractivity contribution in [2.45, 2.75) is 51.4 Å². The molecule has 3 aromatic rings. The number of carbonyl (C=O) groups is 2. The summed E-state index contributed by atoms with van der Waals surface area (Å²) in [6, 6.07) is 25.8. The summed E-state index contributed by atoms with van der Waals surface area (Å²) < 4.78 is 13.2. The van der Waals surface area contributed by atoms with Crippen molar-refractivity contribution in [3.05, 3.63) is 101 Å². The van der Waals surface area contributed by atoms with E-state index in [0.717, 1.165) is 56.0 Å². The first kappa shape index (κ1) is 30.8. The molecule has 2 aliphatic rings. The topological polar surface area (TPSA) is 112 Å². The van der Waals surface area contributed by atoms with E-state index in [2.05, 4.69) is 46.3 Å². The van der Waals surface area contributed by atoms with Crippen molar-refractivity contribution in [2.24, 2.45) is 5.92 Å². The van der Waals surface area contributed by atoms with E-state index in [1.807, 2.05) is 48.5 Å². The van der Waals surface area contributed by atoms with Crippen LogP contribution < -0.4 is 5.32 Å². The number of hydrogen-bond donors (Lipinski definition) is 3. The number of amides is 1. The zero-order valence-electron chi connectivity index (χ0n) is 24.6. The average molecular weight is 588 g/mol. The van der Waals surface area contributed by atoms with Gasteiger partial charge in [0.2, 0.25) is 5.91 Å². The van der Waals surface area contributed by atoms with Crippen LogP contribution in [-0.4, -0.2) is 70.7 Å². The molecule has 0 radical (unpaired) electrons. The van der Waals surface area contributed by atoms with E-state index < -0.39 is 12.3 Å². The van der Waals surface area contributed by atoms with Crippen molar-refractivity contribution in [2.75, 3.05) is 38.0 Å². The van der Waals surface area contributed by atoms with Crippen LogP contribution in [0.25, 0.3) is 0 Å². The van der Waals surface area contributed by atoms with Crippen LogP contribution in [0.1, 0.15) is 54.4 Å². The molecule has 3 aromatic carbocycles. The third kappa shape index (κ3) is 8.49. The summed E-state index contributed by atoms with van der Waals surface area (Å²) in [5.41, 5.74) is 4.53. The van der Waals surface area contributed by atoms with Gasteiger partial charge in [0.1, 0.15) is 0 Å². The molecule has 43 heavy (non-hydrogen) atoms. The highest BCUT2D eigenvalue weighted by atomic mass is 16.7. The molecule has 9 heteroatoms. The van der Waals surface area contributed by atoms with Gasteiger partial charge in [-0.05, 0) is 28.8 Å². The molecule has 1 amide bonds. The Bertz CT molecular complexity index is 1340. The molecule has 2 fully saturated rings. The number of aliphatic hydroxyl groups excluding tert-OH is 1. The Morgan fingerprint density at radius 3 is 2.26 bits per heavy atom. The van der Waals surface area contributed by atoms with Gasteiger partial charge in [0.15, 0.2) is 6.29 Å². The van der Waals surface area contributed by atoms with Crippen molar-refractivity contribution < 1.29 is 29.3 Å². The highest BCUT2D eigenvalue weighted by molar-refractivity contribution is 5.92. The third-order valence-electron chi connectivity index (χ3n) is 8.28. The van der Waals surface area contributed by atoms with Crippen LogP contribution in [0.15, 0.2) is 78.9 Å². The van der Waals surface area contributed by atoms with Gasteiger partial charge in [-0.1, -0.05) is 73.7 Å². The van der Waals surface area contributed by atoms with Crippen LogP contribution in [0, 0.1) is 5.92 Å². The zero-order chi connectivity index (χ0) is 30.2. The molecule has 0 aromatic heterocycles. The number of aliphatic carboxylic acids is 1. The fourth-order valence-corrected chi connectivity index (χ4v) is 5.76. The van der Waals surface area contributed by atoms with Gasteiger partial charge in [-0.3, -0.25) is 19.4 Å². The largest absolute Gasteiger partial charge is 0.481 e. The number of hydrogen-bond acceptors (Lipinski definition) is 7. The second-order valence-corrected chi connectivity index (χ2v) is 11.5. The van der Waals surface area contributed by atoms with Gasteiger partial charge in [-0.2, -0.15) is 0 Å². The Kier molecular flexibility index (Phi) is 10.6. The number of carboxylic acids is 1. The first-order valence-electron chi connectivity index (χ1n) is 15.0. The Labute approximate surface area is 253 Å². The van der Waals surface area contributed by atoms with E-state index in [0.29, 0.717) is 5.69 Å².